The zero-order valence-corrected chi connectivity index (χ0v) is 18.2. The highest BCUT2D eigenvalue weighted by atomic mass is 35.5. The van der Waals surface area contributed by atoms with Gasteiger partial charge >= 0.3 is 0 Å². The van der Waals surface area contributed by atoms with E-state index in [0.717, 1.165) is 30.6 Å². The number of carbonyl (C=O) groups excluding carboxylic acids is 2. The minimum atomic E-state index is -0.764. The average Bonchev–Trinajstić information content (AvgIpc) is 3.27. The van der Waals surface area contributed by atoms with Gasteiger partial charge in [0.05, 0.1) is 13.7 Å². The van der Waals surface area contributed by atoms with Gasteiger partial charge in [-0.3, -0.25) is 9.59 Å². The van der Waals surface area contributed by atoms with Crippen LogP contribution in [0.1, 0.15) is 48.6 Å². The van der Waals surface area contributed by atoms with Crippen LogP contribution in [0.25, 0.3) is 0 Å². The van der Waals surface area contributed by atoms with Crippen LogP contribution in [0, 0.1) is 0 Å². The molecular weight excluding hydrogens is 408 g/mol. The molecule has 1 aliphatic carbocycles. The third kappa shape index (κ3) is 5.73. The van der Waals surface area contributed by atoms with Gasteiger partial charge in [0.2, 0.25) is 11.8 Å². The van der Waals surface area contributed by atoms with Gasteiger partial charge in [-0.25, -0.2) is 0 Å². The maximum atomic E-state index is 13.4. The Bertz CT molecular complexity index is 806. The van der Waals surface area contributed by atoms with Gasteiger partial charge in [0.1, 0.15) is 17.7 Å². The molecule has 2 amide bonds. The van der Waals surface area contributed by atoms with Crippen molar-refractivity contribution in [2.45, 2.75) is 50.7 Å². The molecule has 0 saturated heterocycles. The first-order valence-corrected chi connectivity index (χ1v) is 11.4. The van der Waals surface area contributed by atoms with Crippen molar-refractivity contribution in [1.82, 2.24) is 10.2 Å². The Kier molecular flexibility index (Phi) is 7.95. The monoisotopic (exact) mass is 434 g/mol. The molecule has 0 unspecified atom stereocenters. The number of ether oxygens (including phenoxy) is 1. The Morgan fingerprint density at radius 2 is 2.03 bits per heavy atom. The molecule has 156 valence electrons. The van der Waals surface area contributed by atoms with E-state index in [-0.39, 0.29) is 23.7 Å². The summed E-state index contributed by atoms with van der Waals surface area (Å²) in [4.78, 5) is 28.8. The van der Waals surface area contributed by atoms with Crippen LogP contribution >= 0.6 is 22.9 Å². The molecule has 0 aliphatic heterocycles. The number of halogens is 1. The Morgan fingerprint density at radius 1 is 1.24 bits per heavy atom. The molecule has 0 spiro atoms. The SMILES string of the molecule is COc1cccc([C@H](C(=O)NC2CCCCC2)N(Cc2cccs2)C(=O)CCl)c1. The highest BCUT2D eigenvalue weighted by Crippen LogP contribution is 2.29. The molecule has 7 heteroatoms. The Labute approximate surface area is 181 Å². The molecule has 5 nitrogen and oxygen atoms in total. The largest absolute Gasteiger partial charge is 0.497 e. The van der Waals surface area contributed by atoms with E-state index in [4.69, 9.17) is 16.3 Å². The van der Waals surface area contributed by atoms with Crippen molar-refractivity contribution < 1.29 is 14.3 Å². The molecule has 1 aliphatic rings. The molecule has 1 saturated carbocycles. The number of hydrogen-bond donors (Lipinski definition) is 1. The number of nitrogens with zero attached hydrogens (tertiary/aromatic N) is 1. The van der Waals surface area contributed by atoms with E-state index in [1.807, 2.05) is 41.8 Å². The maximum absolute atomic E-state index is 13.4. The molecular formula is C22H27ClN2O3S. The average molecular weight is 435 g/mol. The number of hydrogen-bond acceptors (Lipinski definition) is 4. The van der Waals surface area contributed by atoms with Gasteiger partial charge in [-0.15, -0.1) is 22.9 Å². The van der Waals surface area contributed by atoms with Crippen molar-refractivity contribution in [2.75, 3.05) is 13.0 Å². The van der Waals surface area contributed by atoms with E-state index in [2.05, 4.69) is 5.32 Å². The molecule has 1 atom stereocenters. The van der Waals surface area contributed by atoms with Crippen molar-refractivity contribution in [2.24, 2.45) is 0 Å². The van der Waals surface area contributed by atoms with Crippen molar-refractivity contribution in [3.05, 3.63) is 52.2 Å². The summed E-state index contributed by atoms with van der Waals surface area (Å²) < 4.78 is 5.35. The predicted octanol–water partition coefficient (Wildman–Crippen LogP) is 4.51. The summed E-state index contributed by atoms with van der Waals surface area (Å²) in [5, 5.41) is 5.14. The third-order valence-corrected chi connectivity index (χ3v) is 6.35. The van der Waals surface area contributed by atoms with Gasteiger partial charge in [-0.1, -0.05) is 37.5 Å². The first-order valence-electron chi connectivity index (χ1n) is 9.94. The molecule has 29 heavy (non-hydrogen) atoms. The summed E-state index contributed by atoms with van der Waals surface area (Å²) >= 11 is 7.48. The fraction of sp³-hybridized carbons (Fsp3) is 0.455. The van der Waals surface area contributed by atoms with E-state index >= 15 is 0 Å². The van der Waals surface area contributed by atoms with E-state index in [1.165, 1.54) is 6.42 Å². The summed E-state index contributed by atoms with van der Waals surface area (Å²) in [5.74, 6) is 0.0296. The van der Waals surface area contributed by atoms with Crippen molar-refractivity contribution in [3.63, 3.8) is 0 Å². The minimum Gasteiger partial charge on any atom is -0.497 e. The highest BCUT2D eigenvalue weighted by Gasteiger charge is 2.33. The second kappa shape index (κ2) is 10.6. The third-order valence-electron chi connectivity index (χ3n) is 5.26. The summed E-state index contributed by atoms with van der Waals surface area (Å²) in [5.41, 5.74) is 0.715. The predicted molar refractivity (Wildman–Crippen MR) is 116 cm³/mol. The van der Waals surface area contributed by atoms with E-state index in [1.54, 1.807) is 23.3 Å². The number of benzene rings is 1. The Hall–Kier alpha value is -2.05. The first-order chi connectivity index (χ1) is 14.1. The van der Waals surface area contributed by atoms with Crippen molar-refractivity contribution in [3.8, 4) is 5.75 Å². The highest BCUT2D eigenvalue weighted by molar-refractivity contribution is 7.09. The molecule has 1 fully saturated rings. The van der Waals surface area contributed by atoms with Crippen molar-refractivity contribution >= 4 is 34.8 Å². The standard InChI is InChI=1S/C22H27ClN2O3S/c1-28-18-10-5-7-16(13-18)21(22(27)24-17-8-3-2-4-9-17)25(20(26)14-23)15-19-11-6-12-29-19/h5-7,10-13,17,21H,2-4,8-9,14-15H2,1H3,(H,24,27)/t21-/m1/s1. The second-order valence-corrected chi connectivity index (χ2v) is 8.56. The number of nitrogens with one attached hydrogen (secondary N) is 1. The molecule has 2 aromatic rings. The molecule has 1 aromatic carbocycles. The maximum Gasteiger partial charge on any atom is 0.247 e. The van der Waals surface area contributed by atoms with Gasteiger partial charge in [0.25, 0.3) is 0 Å². The molecule has 1 aromatic heterocycles. The minimum absolute atomic E-state index is 0.152. The lowest BCUT2D eigenvalue weighted by Crippen LogP contribution is -2.47. The molecule has 0 radical (unpaired) electrons. The summed E-state index contributed by atoms with van der Waals surface area (Å²) in [6.07, 6.45) is 5.40. The second-order valence-electron chi connectivity index (χ2n) is 7.26. The fourth-order valence-electron chi connectivity index (χ4n) is 3.78. The van der Waals surface area contributed by atoms with Crippen LogP contribution in [0.2, 0.25) is 0 Å². The zero-order valence-electron chi connectivity index (χ0n) is 16.6. The van der Waals surface area contributed by atoms with Gasteiger partial charge < -0.3 is 15.0 Å². The van der Waals surface area contributed by atoms with Crippen LogP contribution in [0.4, 0.5) is 0 Å². The smallest absolute Gasteiger partial charge is 0.247 e. The molecule has 1 heterocycles. The Balaban J connectivity index is 1.93. The number of amides is 2. The topological polar surface area (TPSA) is 58.6 Å². The number of methoxy groups -OCH3 is 1. The molecule has 3 rings (SSSR count). The van der Waals surface area contributed by atoms with Gasteiger partial charge in [0.15, 0.2) is 0 Å². The number of thiophene rings is 1. The lowest BCUT2D eigenvalue weighted by Gasteiger charge is -2.33. The van der Waals surface area contributed by atoms with Crippen LogP contribution < -0.4 is 10.1 Å². The summed E-state index contributed by atoms with van der Waals surface area (Å²) in [6, 6.07) is 10.6. The Morgan fingerprint density at radius 3 is 2.69 bits per heavy atom. The number of alkyl halides is 1. The van der Waals surface area contributed by atoms with E-state index in [9.17, 15) is 9.59 Å². The van der Waals surface area contributed by atoms with Gasteiger partial charge in [-0.05, 0) is 42.0 Å². The molecule has 0 bridgehead atoms. The van der Waals surface area contributed by atoms with Crippen LogP contribution in [0.15, 0.2) is 41.8 Å². The first kappa shape index (κ1) is 21.7. The van der Waals surface area contributed by atoms with Crippen LogP contribution in [0.5, 0.6) is 5.75 Å². The van der Waals surface area contributed by atoms with Crippen LogP contribution in [-0.2, 0) is 16.1 Å². The fourth-order valence-corrected chi connectivity index (χ4v) is 4.64. The lowest BCUT2D eigenvalue weighted by atomic mass is 9.94. The quantitative estimate of drug-likeness (QED) is 0.621. The zero-order chi connectivity index (χ0) is 20.6. The number of rotatable bonds is 8. The van der Waals surface area contributed by atoms with E-state index in [0.29, 0.717) is 17.9 Å². The van der Waals surface area contributed by atoms with Crippen LogP contribution in [0.3, 0.4) is 0 Å². The van der Waals surface area contributed by atoms with Gasteiger partial charge in [-0.2, -0.15) is 0 Å². The van der Waals surface area contributed by atoms with E-state index < -0.39 is 6.04 Å². The van der Waals surface area contributed by atoms with Crippen LogP contribution in [-0.4, -0.2) is 35.7 Å². The normalized spacial score (nSPS) is 15.5. The van der Waals surface area contributed by atoms with Gasteiger partial charge in [0, 0.05) is 10.9 Å². The van der Waals surface area contributed by atoms with Crippen molar-refractivity contribution in [1.29, 1.82) is 0 Å². The molecule has 1 N–H and O–H groups in total. The summed E-state index contributed by atoms with van der Waals surface area (Å²) in [6.45, 7) is 0.336. The number of carbonyl (C=O) groups is 2. The summed E-state index contributed by atoms with van der Waals surface area (Å²) in [7, 11) is 1.59. The lowest BCUT2D eigenvalue weighted by molar-refractivity contribution is -0.140.